The second-order valence-electron chi connectivity index (χ2n) is 4.70. The van der Waals surface area contributed by atoms with Crippen LogP contribution in [0.4, 0.5) is 4.39 Å². The fourth-order valence-electron chi connectivity index (χ4n) is 2.38. The lowest BCUT2D eigenvalue weighted by Gasteiger charge is -2.15. The van der Waals surface area contributed by atoms with Gasteiger partial charge in [-0.3, -0.25) is 0 Å². The monoisotopic (exact) mass is 245 g/mol. The second-order valence-corrected chi connectivity index (χ2v) is 4.70. The van der Waals surface area contributed by atoms with Crippen molar-refractivity contribution in [3.8, 4) is 5.75 Å². The summed E-state index contributed by atoms with van der Waals surface area (Å²) in [5.41, 5.74) is 1.03. The van der Waals surface area contributed by atoms with Gasteiger partial charge in [0, 0.05) is 24.0 Å². The third-order valence-electron chi connectivity index (χ3n) is 3.44. The Morgan fingerprint density at radius 1 is 1.39 bits per heavy atom. The molecule has 1 atom stereocenters. The Morgan fingerprint density at radius 2 is 2.28 bits per heavy atom. The molecule has 0 radical (unpaired) electrons. The van der Waals surface area contributed by atoms with Crippen molar-refractivity contribution in [2.24, 2.45) is 0 Å². The molecule has 0 aromatic heterocycles. The van der Waals surface area contributed by atoms with Crippen LogP contribution in [-0.2, 0) is 6.54 Å². The maximum atomic E-state index is 13.7. The average Bonchev–Trinajstić information content (AvgIpc) is 2.58. The Kier molecular flexibility index (Phi) is 2.92. The van der Waals surface area contributed by atoms with Gasteiger partial charge in [-0.1, -0.05) is 19.1 Å². The van der Waals surface area contributed by atoms with Gasteiger partial charge in [-0.15, -0.1) is 0 Å². The number of fused-ring (bicyclic) bond motifs is 2. The number of ether oxygens (including phenoxy) is 1. The average molecular weight is 245 g/mol. The van der Waals surface area contributed by atoms with Gasteiger partial charge in [0.1, 0.15) is 17.7 Å². The Bertz CT molecular complexity index is 582. The molecule has 3 rings (SSSR count). The van der Waals surface area contributed by atoms with Gasteiger partial charge in [0.05, 0.1) is 0 Å². The smallest absolute Gasteiger partial charge is 0.131 e. The summed E-state index contributed by atoms with van der Waals surface area (Å²) in [4.78, 5) is 0. The molecule has 18 heavy (non-hydrogen) atoms. The van der Waals surface area contributed by atoms with Crippen LogP contribution in [0, 0.1) is 5.82 Å². The van der Waals surface area contributed by atoms with E-state index in [0.29, 0.717) is 5.39 Å². The topological polar surface area (TPSA) is 21.3 Å². The Balaban J connectivity index is 2.13. The molecule has 1 aliphatic heterocycles. The molecule has 3 heteroatoms. The molecule has 1 heterocycles. The number of rotatable bonds is 1. The summed E-state index contributed by atoms with van der Waals surface area (Å²) in [7, 11) is 0. The van der Waals surface area contributed by atoms with Gasteiger partial charge in [0.2, 0.25) is 0 Å². The molecule has 1 N–H and O–H groups in total. The van der Waals surface area contributed by atoms with Gasteiger partial charge in [0.15, 0.2) is 0 Å². The first kappa shape index (κ1) is 11.5. The minimum absolute atomic E-state index is 0.174. The molecule has 0 amide bonds. The zero-order chi connectivity index (χ0) is 12.5. The Hall–Kier alpha value is -1.61. The van der Waals surface area contributed by atoms with Crippen LogP contribution >= 0.6 is 0 Å². The molecule has 2 aromatic rings. The van der Waals surface area contributed by atoms with Crippen molar-refractivity contribution in [1.82, 2.24) is 5.32 Å². The molecule has 0 saturated heterocycles. The van der Waals surface area contributed by atoms with Crippen LogP contribution in [0.2, 0.25) is 0 Å². The highest BCUT2D eigenvalue weighted by Gasteiger charge is 2.17. The predicted octanol–water partition coefficient (Wildman–Crippen LogP) is 3.24. The third kappa shape index (κ3) is 1.95. The second kappa shape index (κ2) is 4.58. The van der Waals surface area contributed by atoms with Gasteiger partial charge in [-0.2, -0.15) is 0 Å². The van der Waals surface area contributed by atoms with Crippen molar-refractivity contribution in [2.75, 3.05) is 6.54 Å². The van der Waals surface area contributed by atoms with E-state index in [-0.39, 0.29) is 11.9 Å². The quantitative estimate of drug-likeness (QED) is 0.832. The predicted molar refractivity (Wildman–Crippen MR) is 70.3 cm³/mol. The summed E-state index contributed by atoms with van der Waals surface area (Å²) < 4.78 is 19.7. The molecule has 0 spiro atoms. The minimum atomic E-state index is -0.174. The Labute approximate surface area is 106 Å². The van der Waals surface area contributed by atoms with E-state index >= 15 is 0 Å². The van der Waals surface area contributed by atoms with Crippen molar-refractivity contribution in [3.05, 3.63) is 41.7 Å². The van der Waals surface area contributed by atoms with Gasteiger partial charge in [-0.25, -0.2) is 4.39 Å². The fraction of sp³-hybridized carbons (Fsp3) is 0.333. The zero-order valence-corrected chi connectivity index (χ0v) is 10.4. The minimum Gasteiger partial charge on any atom is -0.489 e. The number of benzene rings is 2. The van der Waals surface area contributed by atoms with Crippen LogP contribution in [0.5, 0.6) is 5.75 Å². The van der Waals surface area contributed by atoms with E-state index in [0.717, 1.165) is 36.2 Å². The summed E-state index contributed by atoms with van der Waals surface area (Å²) in [6.07, 6.45) is 1.16. The highest BCUT2D eigenvalue weighted by atomic mass is 19.1. The first-order chi connectivity index (χ1) is 8.78. The highest BCUT2D eigenvalue weighted by Crippen LogP contribution is 2.29. The summed E-state index contributed by atoms with van der Waals surface area (Å²) >= 11 is 0. The lowest BCUT2D eigenvalue weighted by atomic mass is 10.1. The van der Waals surface area contributed by atoms with Crippen LogP contribution in [-0.4, -0.2) is 12.6 Å². The van der Waals surface area contributed by atoms with E-state index in [1.54, 1.807) is 6.07 Å². The van der Waals surface area contributed by atoms with Crippen molar-refractivity contribution in [3.63, 3.8) is 0 Å². The Morgan fingerprint density at radius 3 is 3.11 bits per heavy atom. The molecule has 0 saturated carbocycles. The third-order valence-corrected chi connectivity index (χ3v) is 3.44. The van der Waals surface area contributed by atoms with E-state index in [4.69, 9.17) is 4.74 Å². The lowest BCUT2D eigenvalue weighted by molar-refractivity contribution is 0.202. The van der Waals surface area contributed by atoms with E-state index in [1.807, 2.05) is 18.2 Å². The number of hydrogen-bond donors (Lipinski definition) is 1. The molecule has 0 unspecified atom stereocenters. The van der Waals surface area contributed by atoms with Crippen molar-refractivity contribution >= 4 is 10.8 Å². The summed E-state index contributed by atoms with van der Waals surface area (Å²) in [6, 6.07) is 8.99. The normalized spacial score (nSPS) is 19.1. The highest BCUT2D eigenvalue weighted by molar-refractivity contribution is 5.85. The largest absolute Gasteiger partial charge is 0.489 e. The maximum absolute atomic E-state index is 13.7. The molecule has 0 fully saturated rings. The van der Waals surface area contributed by atoms with E-state index in [2.05, 4.69) is 12.2 Å². The summed E-state index contributed by atoms with van der Waals surface area (Å²) in [5.74, 6) is 0.705. The maximum Gasteiger partial charge on any atom is 0.131 e. The number of nitrogens with one attached hydrogen (secondary N) is 1. The molecule has 94 valence electrons. The van der Waals surface area contributed by atoms with E-state index < -0.39 is 0 Å². The van der Waals surface area contributed by atoms with Crippen LogP contribution in [0.25, 0.3) is 10.8 Å². The molecule has 0 aliphatic carbocycles. The summed E-state index contributed by atoms with van der Waals surface area (Å²) in [6.45, 7) is 3.68. The molecule has 0 bridgehead atoms. The van der Waals surface area contributed by atoms with Gasteiger partial charge < -0.3 is 10.1 Å². The van der Waals surface area contributed by atoms with Crippen molar-refractivity contribution < 1.29 is 9.13 Å². The van der Waals surface area contributed by atoms with Gasteiger partial charge in [-0.05, 0) is 30.0 Å². The summed E-state index contributed by atoms with van der Waals surface area (Å²) in [5, 5.41) is 4.90. The van der Waals surface area contributed by atoms with Crippen LogP contribution in [0.3, 0.4) is 0 Å². The first-order valence-electron chi connectivity index (χ1n) is 6.36. The molecular formula is C15H16FNO. The van der Waals surface area contributed by atoms with E-state index in [9.17, 15) is 4.39 Å². The fourth-order valence-corrected chi connectivity index (χ4v) is 2.38. The first-order valence-corrected chi connectivity index (χ1v) is 6.36. The molecule has 2 nitrogen and oxygen atoms in total. The lowest BCUT2D eigenvalue weighted by Crippen LogP contribution is -2.27. The van der Waals surface area contributed by atoms with Crippen molar-refractivity contribution in [2.45, 2.75) is 26.0 Å². The zero-order valence-electron chi connectivity index (χ0n) is 10.4. The van der Waals surface area contributed by atoms with Gasteiger partial charge >= 0.3 is 0 Å². The van der Waals surface area contributed by atoms with Gasteiger partial charge in [0.25, 0.3) is 0 Å². The van der Waals surface area contributed by atoms with Crippen LogP contribution in [0.15, 0.2) is 30.3 Å². The van der Waals surface area contributed by atoms with Crippen LogP contribution in [0.1, 0.15) is 18.9 Å². The SMILES string of the molecule is CC[C@@H]1CNCc2cc3c(F)cccc3cc2O1. The number of halogens is 1. The molecule has 2 aromatic carbocycles. The van der Waals surface area contributed by atoms with E-state index in [1.165, 1.54) is 6.07 Å². The molecular weight excluding hydrogens is 229 g/mol. The number of hydrogen-bond acceptors (Lipinski definition) is 2. The standard InChI is InChI=1S/C15H16FNO/c1-2-12-9-17-8-11-6-13-10(7-15(11)18-12)4-3-5-14(13)16/h3-7,12,17H,2,8-9H2,1H3/t12-/m1/s1. The van der Waals surface area contributed by atoms with Crippen molar-refractivity contribution in [1.29, 1.82) is 0 Å². The molecule has 1 aliphatic rings. The van der Waals surface area contributed by atoms with Crippen LogP contribution < -0.4 is 10.1 Å².